The van der Waals surface area contributed by atoms with Crippen LogP contribution in [0.1, 0.15) is 19.3 Å². The molecule has 2 aromatic rings. The van der Waals surface area contributed by atoms with Crippen LogP contribution >= 0.6 is 0 Å². The minimum atomic E-state index is -4.10. The quantitative estimate of drug-likeness (QED) is 0.858. The van der Waals surface area contributed by atoms with E-state index in [1.165, 1.54) is 0 Å². The van der Waals surface area contributed by atoms with E-state index >= 15 is 0 Å². The molecular formula is C13H16F3N3O. The second-order valence-corrected chi connectivity index (χ2v) is 4.55. The van der Waals surface area contributed by atoms with Crippen molar-refractivity contribution in [3.63, 3.8) is 0 Å². The number of halogens is 3. The van der Waals surface area contributed by atoms with Gasteiger partial charge in [-0.15, -0.1) is 0 Å². The Kier molecular flexibility index (Phi) is 4.06. The fraction of sp³-hybridized carbons (Fsp3) is 0.462. The number of alkyl halides is 3. The largest absolute Gasteiger partial charge is 0.497 e. The number of nitrogen functional groups attached to an aromatic ring is 1. The third-order valence-corrected chi connectivity index (χ3v) is 3.08. The number of benzene rings is 1. The Bertz CT molecular complexity index is 592. The van der Waals surface area contributed by atoms with Crippen LogP contribution in [0.2, 0.25) is 0 Å². The molecule has 0 spiro atoms. The van der Waals surface area contributed by atoms with Gasteiger partial charge in [0.2, 0.25) is 5.95 Å². The summed E-state index contributed by atoms with van der Waals surface area (Å²) in [7, 11) is 1.55. The number of aryl methyl sites for hydroxylation is 1. The molecule has 4 nitrogen and oxygen atoms in total. The van der Waals surface area contributed by atoms with E-state index in [9.17, 15) is 13.2 Å². The lowest BCUT2D eigenvalue weighted by atomic mass is 10.2. The molecule has 0 aliphatic heterocycles. The zero-order valence-electron chi connectivity index (χ0n) is 11.1. The molecule has 2 N–H and O–H groups in total. The average Bonchev–Trinajstić information content (AvgIpc) is 2.68. The lowest BCUT2D eigenvalue weighted by molar-refractivity contribution is -0.135. The van der Waals surface area contributed by atoms with Crippen LogP contribution in [-0.4, -0.2) is 22.8 Å². The van der Waals surface area contributed by atoms with Crippen LogP contribution in [0.3, 0.4) is 0 Å². The first-order chi connectivity index (χ1) is 9.40. The SMILES string of the molecule is COc1ccc2c(c1)nc(N)n2CCCCC(F)(F)F. The molecule has 0 unspecified atom stereocenters. The first-order valence-electron chi connectivity index (χ1n) is 6.27. The Balaban J connectivity index is 2.08. The molecule has 0 amide bonds. The number of aromatic nitrogens is 2. The highest BCUT2D eigenvalue weighted by atomic mass is 19.4. The van der Waals surface area contributed by atoms with Crippen LogP contribution < -0.4 is 10.5 Å². The number of hydrogen-bond acceptors (Lipinski definition) is 3. The maximum atomic E-state index is 12.1. The summed E-state index contributed by atoms with van der Waals surface area (Å²) in [6.07, 6.45) is -4.39. The lowest BCUT2D eigenvalue weighted by Crippen LogP contribution is -2.08. The van der Waals surface area contributed by atoms with Gasteiger partial charge in [-0.3, -0.25) is 0 Å². The summed E-state index contributed by atoms with van der Waals surface area (Å²) in [6, 6.07) is 5.33. The van der Waals surface area contributed by atoms with Crippen LogP contribution in [-0.2, 0) is 6.54 Å². The normalized spacial score (nSPS) is 12.0. The molecule has 0 aliphatic rings. The van der Waals surface area contributed by atoms with Crippen molar-refractivity contribution in [2.45, 2.75) is 32.0 Å². The van der Waals surface area contributed by atoms with Crippen molar-refractivity contribution in [1.29, 1.82) is 0 Å². The number of anilines is 1. The third-order valence-electron chi connectivity index (χ3n) is 3.08. The molecule has 0 atom stereocenters. The van der Waals surface area contributed by atoms with E-state index < -0.39 is 12.6 Å². The Labute approximate surface area is 114 Å². The number of imidazole rings is 1. The highest BCUT2D eigenvalue weighted by molar-refractivity contribution is 5.79. The molecule has 0 aliphatic carbocycles. The van der Waals surface area contributed by atoms with Crippen molar-refractivity contribution in [2.75, 3.05) is 12.8 Å². The van der Waals surface area contributed by atoms with Crippen molar-refractivity contribution in [1.82, 2.24) is 9.55 Å². The van der Waals surface area contributed by atoms with Gasteiger partial charge in [-0.05, 0) is 25.0 Å². The van der Waals surface area contributed by atoms with Gasteiger partial charge in [-0.25, -0.2) is 4.98 Å². The lowest BCUT2D eigenvalue weighted by Gasteiger charge is -2.08. The minimum absolute atomic E-state index is 0.0821. The molecule has 0 bridgehead atoms. The average molecular weight is 287 g/mol. The smallest absolute Gasteiger partial charge is 0.389 e. The number of nitrogens with zero attached hydrogens (tertiary/aromatic N) is 2. The summed E-state index contributed by atoms with van der Waals surface area (Å²) >= 11 is 0. The van der Waals surface area contributed by atoms with E-state index in [0.717, 1.165) is 5.52 Å². The Hall–Kier alpha value is -1.92. The van der Waals surface area contributed by atoms with E-state index in [-0.39, 0.29) is 6.42 Å². The number of methoxy groups -OCH3 is 1. The zero-order valence-corrected chi connectivity index (χ0v) is 11.1. The summed E-state index contributed by atoms with van der Waals surface area (Å²) in [5, 5.41) is 0. The molecule has 1 heterocycles. The van der Waals surface area contributed by atoms with Gasteiger partial charge in [-0.2, -0.15) is 13.2 Å². The van der Waals surface area contributed by atoms with Gasteiger partial charge >= 0.3 is 6.18 Å². The van der Waals surface area contributed by atoms with Gasteiger partial charge in [-0.1, -0.05) is 0 Å². The molecular weight excluding hydrogens is 271 g/mol. The molecule has 110 valence electrons. The van der Waals surface area contributed by atoms with Crippen LogP contribution in [0, 0.1) is 0 Å². The van der Waals surface area contributed by atoms with E-state index in [0.29, 0.717) is 30.2 Å². The van der Waals surface area contributed by atoms with E-state index in [4.69, 9.17) is 10.5 Å². The molecule has 2 rings (SSSR count). The summed E-state index contributed by atoms with van der Waals surface area (Å²) in [5.74, 6) is 0.972. The van der Waals surface area contributed by atoms with E-state index in [1.54, 1.807) is 29.9 Å². The minimum Gasteiger partial charge on any atom is -0.497 e. The third kappa shape index (κ3) is 3.34. The summed E-state index contributed by atoms with van der Waals surface area (Å²) in [5.41, 5.74) is 7.28. The highest BCUT2D eigenvalue weighted by Gasteiger charge is 2.25. The highest BCUT2D eigenvalue weighted by Crippen LogP contribution is 2.25. The number of ether oxygens (including phenoxy) is 1. The zero-order chi connectivity index (χ0) is 14.8. The molecule has 0 fully saturated rings. The molecule has 0 saturated carbocycles. The second-order valence-electron chi connectivity index (χ2n) is 4.55. The first-order valence-corrected chi connectivity index (χ1v) is 6.27. The van der Waals surface area contributed by atoms with Gasteiger partial charge in [0, 0.05) is 19.0 Å². The van der Waals surface area contributed by atoms with Crippen molar-refractivity contribution >= 4 is 17.0 Å². The summed E-state index contributed by atoms with van der Waals surface area (Å²) in [4.78, 5) is 4.19. The van der Waals surface area contributed by atoms with Crippen molar-refractivity contribution in [3.8, 4) is 5.75 Å². The molecule has 0 radical (unpaired) electrons. The van der Waals surface area contributed by atoms with Gasteiger partial charge in [0.05, 0.1) is 18.1 Å². The van der Waals surface area contributed by atoms with Gasteiger partial charge in [0.1, 0.15) is 5.75 Å². The van der Waals surface area contributed by atoms with Gasteiger partial charge in [0.15, 0.2) is 0 Å². The maximum Gasteiger partial charge on any atom is 0.389 e. The topological polar surface area (TPSA) is 53.1 Å². The van der Waals surface area contributed by atoms with E-state index in [1.807, 2.05) is 0 Å². The van der Waals surface area contributed by atoms with Crippen LogP contribution in [0.5, 0.6) is 5.75 Å². The molecule has 0 saturated heterocycles. The number of fused-ring (bicyclic) bond motifs is 1. The Morgan fingerprint density at radius 3 is 2.70 bits per heavy atom. The number of hydrogen-bond donors (Lipinski definition) is 1. The van der Waals surface area contributed by atoms with Crippen LogP contribution in [0.25, 0.3) is 11.0 Å². The van der Waals surface area contributed by atoms with Crippen LogP contribution in [0.15, 0.2) is 18.2 Å². The second kappa shape index (κ2) is 5.60. The van der Waals surface area contributed by atoms with Crippen molar-refractivity contribution in [2.24, 2.45) is 0 Å². The predicted molar refractivity (Wildman–Crippen MR) is 70.6 cm³/mol. The fourth-order valence-electron chi connectivity index (χ4n) is 2.09. The predicted octanol–water partition coefficient (Wildman–Crippen LogP) is 3.36. The molecule has 1 aromatic heterocycles. The fourth-order valence-corrected chi connectivity index (χ4v) is 2.09. The number of nitrogens with two attached hydrogens (primary N) is 1. The summed E-state index contributed by atoms with van der Waals surface area (Å²) < 4.78 is 43.1. The molecule has 20 heavy (non-hydrogen) atoms. The van der Waals surface area contributed by atoms with Crippen molar-refractivity contribution in [3.05, 3.63) is 18.2 Å². The standard InChI is InChI=1S/C13H16F3N3O/c1-20-9-4-5-11-10(8-9)18-12(17)19(11)7-3-2-6-13(14,15)16/h4-5,8H,2-3,6-7H2,1H3,(H2,17,18). The number of unbranched alkanes of at least 4 members (excludes halogenated alkanes) is 1. The van der Waals surface area contributed by atoms with E-state index in [2.05, 4.69) is 4.98 Å². The maximum absolute atomic E-state index is 12.1. The summed E-state index contributed by atoms with van der Waals surface area (Å²) in [6.45, 7) is 0.421. The molecule has 1 aromatic carbocycles. The van der Waals surface area contributed by atoms with Gasteiger partial charge < -0.3 is 15.0 Å². The van der Waals surface area contributed by atoms with Crippen molar-refractivity contribution < 1.29 is 17.9 Å². The van der Waals surface area contributed by atoms with Crippen LogP contribution in [0.4, 0.5) is 19.1 Å². The molecule has 7 heteroatoms. The first kappa shape index (κ1) is 14.5. The Morgan fingerprint density at radius 2 is 2.05 bits per heavy atom. The van der Waals surface area contributed by atoms with Gasteiger partial charge in [0.25, 0.3) is 0 Å². The monoisotopic (exact) mass is 287 g/mol. The Morgan fingerprint density at radius 1 is 1.30 bits per heavy atom. The number of rotatable bonds is 5.